The molecule has 1 amide bonds. The molecule has 0 radical (unpaired) electrons. The molecule has 0 atom stereocenters. The minimum Gasteiger partial charge on any atom is -0.398 e. The Morgan fingerprint density at radius 2 is 2.00 bits per heavy atom. The van der Waals surface area contributed by atoms with Crippen LogP contribution in [0.25, 0.3) is 0 Å². The molecule has 2 aromatic rings. The van der Waals surface area contributed by atoms with Crippen molar-refractivity contribution in [3.05, 3.63) is 63.6 Å². The molecule has 0 aliphatic heterocycles. The largest absolute Gasteiger partial charge is 0.398 e. The van der Waals surface area contributed by atoms with Crippen LogP contribution in [0.15, 0.2) is 40.9 Å². The van der Waals surface area contributed by atoms with E-state index < -0.39 is 11.6 Å². The van der Waals surface area contributed by atoms with Crippen molar-refractivity contribution in [2.45, 2.75) is 6.54 Å². The minimum absolute atomic E-state index is 0.0339. The van der Waals surface area contributed by atoms with Crippen molar-refractivity contribution in [2.24, 2.45) is 0 Å². The van der Waals surface area contributed by atoms with Gasteiger partial charge in [-0.25, -0.2) is 8.78 Å². The SMILES string of the molecule is CN(Cc1ccc(F)cc1F)C(=O)c1cccc(N)c1Br. The summed E-state index contributed by atoms with van der Waals surface area (Å²) in [5.41, 5.74) is 6.81. The summed E-state index contributed by atoms with van der Waals surface area (Å²) in [4.78, 5) is 13.7. The second kappa shape index (κ2) is 6.22. The Morgan fingerprint density at radius 1 is 1.29 bits per heavy atom. The molecule has 21 heavy (non-hydrogen) atoms. The molecule has 0 spiro atoms. The zero-order valence-corrected chi connectivity index (χ0v) is 12.8. The van der Waals surface area contributed by atoms with E-state index in [4.69, 9.17) is 5.73 Å². The molecule has 0 saturated heterocycles. The van der Waals surface area contributed by atoms with Gasteiger partial charge >= 0.3 is 0 Å². The monoisotopic (exact) mass is 354 g/mol. The second-order valence-electron chi connectivity index (χ2n) is 4.61. The van der Waals surface area contributed by atoms with Gasteiger partial charge < -0.3 is 10.6 Å². The molecule has 0 heterocycles. The van der Waals surface area contributed by atoms with Gasteiger partial charge in [-0.3, -0.25) is 4.79 Å². The summed E-state index contributed by atoms with van der Waals surface area (Å²) in [6.07, 6.45) is 0. The summed E-state index contributed by atoms with van der Waals surface area (Å²) in [6.45, 7) is 0.0339. The molecule has 0 fully saturated rings. The number of carbonyl (C=O) groups excluding carboxylic acids is 1. The first kappa shape index (κ1) is 15.4. The predicted octanol–water partition coefficient (Wildman–Crippen LogP) is 3.58. The number of rotatable bonds is 3. The Morgan fingerprint density at radius 3 is 2.67 bits per heavy atom. The molecule has 2 aromatic carbocycles. The maximum absolute atomic E-state index is 13.6. The second-order valence-corrected chi connectivity index (χ2v) is 5.40. The van der Waals surface area contributed by atoms with Crippen LogP contribution in [0.1, 0.15) is 15.9 Å². The van der Waals surface area contributed by atoms with E-state index in [2.05, 4.69) is 15.9 Å². The lowest BCUT2D eigenvalue weighted by Crippen LogP contribution is -2.27. The number of hydrogen-bond acceptors (Lipinski definition) is 2. The first-order valence-electron chi connectivity index (χ1n) is 6.13. The zero-order valence-electron chi connectivity index (χ0n) is 11.2. The van der Waals surface area contributed by atoms with E-state index in [0.717, 1.165) is 12.1 Å². The van der Waals surface area contributed by atoms with E-state index in [1.165, 1.54) is 11.0 Å². The van der Waals surface area contributed by atoms with E-state index in [9.17, 15) is 13.6 Å². The van der Waals surface area contributed by atoms with Crippen molar-refractivity contribution in [1.29, 1.82) is 0 Å². The van der Waals surface area contributed by atoms with Crippen LogP contribution in [-0.4, -0.2) is 17.9 Å². The number of carbonyl (C=O) groups is 1. The van der Waals surface area contributed by atoms with Crippen molar-refractivity contribution < 1.29 is 13.6 Å². The van der Waals surface area contributed by atoms with Crippen molar-refractivity contribution >= 4 is 27.5 Å². The van der Waals surface area contributed by atoms with Crippen molar-refractivity contribution in [1.82, 2.24) is 4.90 Å². The molecular formula is C15H13BrF2N2O. The molecule has 0 saturated carbocycles. The molecule has 2 N–H and O–H groups in total. The van der Waals surface area contributed by atoms with E-state index in [-0.39, 0.29) is 18.0 Å². The number of amides is 1. The highest BCUT2D eigenvalue weighted by Gasteiger charge is 2.17. The number of nitrogens with zero attached hydrogens (tertiary/aromatic N) is 1. The van der Waals surface area contributed by atoms with Gasteiger partial charge in [-0.05, 0) is 34.1 Å². The summed E-state index contributed by atoms with van der Waals surface area (Å²) in [5.74, 6) is -1.64. The van der Waals surface area contributed by atoms with Gasteiger partial charge in [-0.1, -0.05) is 12.1 Å². The molecule has 2 rings (SSSR count). The fourth-order valence-electron chi connectivity index (χ4n) is 1.90. The third-order valence-corrected chi connectivity index (χ3v) is 3.91. The highest BCUT2D eigenvalue weighted by molar-refractivity contribution is 9.10. The Balaban J connectivity index is 2.21. The fraction of sp³-hybridized carbons (Fsp3) is 0.133. The summed E-state index contributed by atoms with van der Waals surface area (Å²) in [5, 5.41) is 0. The van der Waals surface area contributed by atoms with Gasteiger partial charge in [-0.15, -0.1) is 0 Å². The molecule has 110 valence electrons. The molecule has 0 aliphatic carbocycles. The highest BCUT2D eigenvalue weighted by Crippen LogP contribution is 2.25. The van der Waals surface area contributed by atoms with Gasteiger partial charge in [0.15, 0.2) is 0 Å². The van der Waals surface area contributed by atoms with Crippen LogP contribution in [0.4, 0.5) is 14.5 Å². The van der Waals surface area contributed by atoms with Gasteiger partial charge in [0.05, 0.1) is 10.0 Å². The summed E-state index contributed by atoms with van der Waals surface area (Å²) in [6, 6.07) is 8.24. The predicted molar refractivity (Wildman–Crippen MR) is 80.7 cm³/mol. The van der Waals surface area contributed by atoms with Crippen LogP contribution >= 0.6 is 15.9 Å². The highest BCUT2D eigenvalue weighted by atomic mass is 79.9. The lowest BCUT2D eigenvalue weighted by Gasteiger charge is -2.19. The Hall–Kier alpha value is -1.95. The number of anilines is 1. The molecule has 3 nitrogen and oxygen atoms in total. The Labute approximate surface area is 129 Å². The van der Waals surface area contributed by atoms with Gasteiger partial charge in [0.2, 0.25) is 0 Å². The van der Waals surface area contributed by atoms with Gasteiger partial charge in [0.25, 0.3) is 5.91 Å². The van der Waals surface area contributed by atoms with Gasteiger partial charge in [0, 0.05) is 30.9 Å². The maximum atomic E-state index is 13.6. The number of benzene rings is 2. The summed E-state index contributed by atoms with van der Waals surface area (Å²) < 4.78 is 27.0. The standard InChI is InChI=1S/C15H13BrF2N2O/c1-20(8-9-5-6-10(17)7-12(9)18)15(21)11-3-2-4-13(19)14(11)16/h2-7H,8,19H2,1H3. The van der Waals surface area contributed by atoms with E-state index in [1.807, 2.05) is 0 Å². The first-order valence-corrected chi connectivity index (χ1v) is 6.93. The molecule has 6 heteroatoms. The van der Waals surface area contributed by atoms with Crippen molar-refractivity contribution in [3.8, 4) is 0 Å². The summed E-state index contributed by atoms with van der Waals surface area (Å²) in [7, 11) is 1.54. The van der Waals surface area contributed by atoms with E-state index in [1.54, 1.807) is 25.2 Å². The van der Waals surface area contributed by atoms with Crippen LogP contribution in [0.2, 0.25) is 0 Å². The summed E-state index contributed by atoms with van der Waals surface area (Å²) >= 11 is 3.26. The molecule has 0 aromatic heterocycles. The quantitative estimate of drug-likeness (QED) is 0.856. The number of hydrogen-bond donors (Lipinski definition) is 1. The normalized spacial score (nSPS) is 10.5. The topological polar surface area (TPSA) is 46.3 Å². The van der Waals surface area contributed by atoms with Crippen LogP contribution in [0, 0.1) is 11.6 Å². The molecule has 0 aliphatic rings. The number of halogens is 3. The van der Waals surface area contributed by atoms with E-state index in [0.29, 0.717) is 15.7 Å². The van der Waals surface area contributed by atoms with Crippen molar-refractivity contribution in [3.63, 3.8) is 0 Å². The van der Waals surface area contributed by atoms with Gasteiger partial charge in [0.1, 0.15) is 11.6 Å². The number of nitrogens with two attached hydrogens (primary N) is 1. The van der Waals surface area contributed by atoms with Crippen LogP contribution in [0.3, 0.4) is 0 Å². The fourth-order valence-corrected chi connectivity index (χ4v) is 2.33. The Bertz CT molecular complexity index is 691. The average molecular weight is 355 g/mol. The van der Waals surface area contributed by atoms with Crippen LogP contribution in [-0.2, 0) is 6.54 Å². The lowest BCUT2D eigenvalue weighted by atomic mass is 10.1. The van der Waals surface area contributed by atoms with Crippen LogP contribution < -0.4 is 5.73 Å². The zero-order chi connectivity index (χ0) is 15.6. The van der Waals surface area contributed by atoms with Gasteiger partial charge in [-0.2, -0.15) is 0 Å². The number of nitrogen functional groups attached to an aromatic ring is 1. The maximum Gasteiger partial charge on any atom is 0.255 e. The van der Waals surface area contributed by atoms with Crippen molar-refractivity contribution in [2.75, 3.05) is 12.8 Å². The molecule has 0 unspecified atom stereocenters. The third-order valence-electron chi connectivity index (χ3n) is 3.03. The smallest absolute Gasteiger partial charge is 0.255 e. The molecule has 0 bridgehead atoms. The van der Waals surface area contributed by atoms with Crippen LogP contribution in [0.5, 0.6) is 0 Å². The van der Waals surface area contributed by atoms with E-state index >= 15 is 0 Å². The third kappa shape index (κ3) is 3.39. The lowest BCUT2D eigenvalue weighted by molar-refractivity contribution is 0.0783. The first-order chi connectivity index (χ1) is 9.90. The average Bonchev–Trinajstić information content (AvgIpc) is 2.44. The Kier molecular flexibility index (Phi) is 4.57. The molecular weight excluding hydrogens is 342 g/mol. The minimum atomic E-state index is -0.679.